The van der Waals surface area contributed by atoms with Gasteiger partial charge in [0, 0.05) is 36.1 Å². The third-order valence-corrected chi connectivity index (χ3v) is 7.82. The van der Waals surface area contributed by atoms with Gasteiger partial charge in [0.2, 0.25) is 0 Å². The van der Waals surface area contributed by atoms with Crippen molar-refractivity contribution in [2.24, 2.45) is 0 Å². The van der Waals surface area contributed by atoms with Crippen molar-refractivity contribution in [3.8, 4) is 22.6 Å². The van der Waals surface area contributed by atoms with Gasteiger partial charge in [-0.25, -0.2) is 4.98 Å². The Hall–Kier alpha value is -4.38. The van der Waals surface area contributed by atoms with Crippen LogP contribution in [0, 0.1) is 0 Å². The fourth-order valence-corrected chi connectivity index (χ4v) is 6.23. The molecule has 2 aliphatic rings. The zero-order valence-corrected chi connectivity index (χ0v) is 20.5. The van der Waals surface area contributed by atoms with Crippen LogP contribution in [0.1, 0.15) is 42.4 Å². The summed E-state index contributed by atoms with van der Waals surface area (Å²) in [6.07, 6.45) is 8.90. The Kier molecular flexibility index (Phi) is 5.47. The number of rotatable bonds is 4. The van der Waals surface area contributed by atoms with Crippen molar-refractivity contribution in [2.45, 2.75) is 37.1 Å². The maximum Gasteiger partial charge on any atom is 0.134 e. The van der Waals surface area contributed by atoms with Crippen LogP contribution in [0.4, 0.5) is 11.5 Å². The van der Waals surface area contributed by atoms with Gasteiger partial charge in [0.1, 0.15) is 5.82 Å². The minimum atomic E-state index is 0.342. The molecule has 5 heteroatoms. The smallest absolute Gasteiger partial charge is 0.134 e. The summed E-state index contributed by atoms with van der Waals surface area (Å²) < 4.78 is 0. The maximum absolute atomic E-state index is 5.07. The van der Waals surface area contributed by atoms with Crippen LogP contribution in [0.5, 0.6) is 0 Å². The van der Waals surface area contributed by atoms with Crippen LogP contribution in [-0.2, 0) is 0 Å². The van der Waals surface area contributed by atoms with E-state index in [0.29, 0.717) is 17.9 Å². The molecule has 0 amide bonds. The predicted octanol–water partition coefficient (Wildman–Crippen LogP) is 7.17. The van der Waals surface area contributed by atoms with E-state index < -0.39 is 0 Å². The van der Waals surface area contributed by atoms with E-state index in [0.717, 1.165) is 42.2 Å². The lowest BCUT2D eigenvalue weighted by Crippen LogP contribution is -2.35. The van der Waals surface area contributed by atoms with E-state index in [1.165, 1.54) is 22.5 Å². The molecule has 0 radical (unpaired) electrons. The first-order valence-corrected chi connectivity index (χ1v) is 13.0. The highest BCUT2D eigenvalue weighted by atomic mass is 15.3. The van der Waals surface area contributed by atoms with Crippen molar-refractivity contribution in [1.82, 2.24) is 19.9 Å². The van der Waals surface area contributed by atoms with E-state index in [2.05, 4.69) is 69.5 Å². The molecule has 1 saturated carbocycles. The number of aromatic nitrogens is 4. The zero-order valence-electron chi connectivity index (χ0n) is 20.5. The Balaban J connectivity index is 1.25. The fraction of sp³-hybridized carbons (Fsp3) is 0.188. The van der Waals surface area contributed by atoms with Crippen LogP contribution >= 0.6 is 0 Å². The SMILES string of the molecule is c1ccc(-c2cccc(N3c4cccnc4C4CC(c5ccccc5-c5ccccn5)CCC43)n2)nc1. The van der Waals surface area contributed by atoms with E-state index in [4.69, 9.17) is 9.97 Å². The molecular formula is C32H27N5. The van der Waals surface area contributed by atoms with Gasteiger partial charge in [-0.1, -0.05) is 42.5 Å². The molecule has 0 spiro atoms. The number of anilines is 2. The third-order valence-electron chi connectivity index (χ3n) is 7.82. The van der Waals surface area contributed by atoms with E-state index in [1.54, 1.807) is 0 Å². The lowest BCUT2D eigenvalue weighted by Gasteiger charge is -2.37. The summed E-state index contributed by atoms with van der Waals surface area (Å²) in [6.45, 7) is 0. The Bertz CT molecular complexity index is 1540. The van der Waals surface area contributed by atoms with Crippen LogP contribution in [0.3, 0.4) is 0 Å². The maximum atomic E-state index is 5.07. The summed E-state index contributed by atoms with van der Waals surface area (Å²) in [6, 6.07) is 31.7. The second kappa shape index (κ2) is 9.25. The molecule has 1 aliphatic heterocycles. The second-order valence-corrected chi connectivity index (χ2v) is 9.86. The Morgan fingerprint density at radius 1 is 0.622 bits per heavy atom. The molecule has 5 nitrogen and oxygen atoms in total. The molecule has 37 heavy (non-hydrogen) atoms. The summed E-state index contributed by atoms with van der Waals surface area (Å²) in [4.78, 5) is 21.6. The Labute approximate surface area is 216 Å². The van der Waals surface area contributed by atoms with E-state index in [1.807, 2.05) is 55.0 Å². The molecule has 5 heterocycles. The van der Waals surface area contributed by atoms with Crippen LogP contribution in [0.25, 0.3) is 22.6 Å². The van der Waals surface area contributed by atoms with Crippen molar-refractivity contribution in [1.29, 1.82) is 0 Å². The van der Waals surface area contributed by atoms with E-state index in [9.17, 15) is 0 Å². The molecular weight excluding hydrogens is 454 g/mol. The number of nitrogens with zero attached hydrogens (tertiary/aromatic N) is 5. The topological polar surface area (TPSA) is 54.8 Å². The first kappa shape index (κ1) is 21.9. The molecule has 0 saturated heterocycles. The number of hydrogen-bond donors (Lipinski definition) is 0. The highest BCUT2D eigenvalue weighted by Crippen LogP contribution is 2.53. The monoisotopic (exact) mass is 481 g/mol. The van der Waals surface area contributed by atoms with Gasteiger partial charge in [0.05, 0.1) is 28.5 Å². The standard InChI is InChI=1S/C32H27N5/c1-2-10-24(26-11-3-5-18-33-26)23(9-1)22-16-17-29-25(21-22)32-30(14-8-20-35-32)37(29)31-15-7-13-28(36-31)27-12-4-6-19-34-27/h1-15,18-20,22,25,29H,16-17,21H2. The highest BCUT2D eigenvalue weighted by molar-refractivity contribution is 5.71. The number of hydrogen-bond acceptors (Lipinski definition) is 5. The third kappa shape index (κ3) is 3.87. The van der Waals surface area contributed by atoms with E-state index in [-0.39, 0.29) is 0 Å². The molecule has 0 bridgehead atoms. The second-order valence-electron chi connectivity index (χ2n) is 9.86. The molecule has 3 unspecified atom stereocenters. The number of benzene rings is 1. The predicted molar refractivity (Wildman–Crippen MR) is 147 cm³/mol. The summed E-state index contributed by atoms with van der Waals surface area (Å²) in [5.74, 6) is 1.78. The minimum absolute atomic E-state index is 0.342. The van der Waals surface area contributed by atoms with Crippen LogP contribution in [0.15, 0.2) is 110 Å². The van der Waals surface area contributed by atoms with Gasteiger partial charge in [0.25, 0.3) is 0 Å². The van der Waals surface area contributed by atoms with Crippen LogP contribution in [-0.4, -0.2) is 26.0 Å². The van der Waals surface area contributed by atoms with Gasteiger partial charge in [-0.3, -0.25) is 15.0 Å². The summed E-state index contributed by atoms with van der Waals surface area (Å²) in [5.41, 5.74) is 7.84. The number of fused-ring (bicyclic) bond motifs is 3. The first-order chi connectivity index (χ1) is 18.4. The molecule has 3 atom stereocenters. The average molecular weight is 482 g/mol. The van der Waals surface area contributed by atoms with Gasteiger partial charge in [-0.15, -0.1) is 0 Å². The molecule has 5 aromatic rings. The zero-order chi connectivity index (χ0) is 24.6. The fourth-order valence-electron chi connectivity index (χ4n) is 6.23. The van der Waals surface area contributed by atoms with Gasteiger partial charge in [0.15, 0.2) is 0 Å². The van der Waals surface area contributed by atoms with Crippen molar-refractivity contribution >= 4 is 11.5 Å². The van der Waals surface area contributed by atoms with E-state index >= 15 is 0 Å². The van der Waals surface area contributed by atoms with Crippen molar-refractivity contribution in [3.63, 3.8) is 0 Å². The molecule has 4 aromatic heterocycles. The molecule has 180 valence electrons. The van der Waals surface area contributed by atoms with Gasteiger partial charge in [-0.2, -0.15) is 0 Å². The van der Waals surface area contributed by atoms with Crippen molar-refractivity contribution in [2.75, 3.05) is 4.90 Å². The molecule has 1 fully saturated rings. The summed E-state index contributed by atoms with van der Waals surface area (Å²) in [5, 5.41) is 0. The first-order valence-electron chi connectivity index (χ1n) is 13.0. The highest BCUT2D eigenvalue weighted by Gasteiger charge is 2.45. The lowest BCUT2D eigenvalue weighted by atomic mass is 9.74. The molecule has 1 aromatic carbocycles. The molecule has 1 aliphatic carbocycles. The van der Waals surface area contributed by atoms with Gasteiger partial charge < -0.3 is 4.90 Å². The Morgan fingerprint density at radius 2 is 1.38 bits per heavy atom. The average Bonchev–Trinajstić information content (AvgIpc) is 3.32. The van der Waals surface area contributed by atoms with Crippen molar-refractivity contribution in [3.05, 3.63) is 121 Å². The van der Waals surface area contributed by atoms with Gasteiger partial charge >= 0.3 is 0 Å². The normalized spacial score (nSPS) is 20.3. The van der Waals surface area contributed by atoms with Gasteiger partial charge in [-0.05, 0) is 79.3 Å². The largest absolute Gasteiger partial charge is 0.321 e. The molecule has 0 N–H and O–H groups in total. The summed E-state index contributed by atoms with van der Waals surface area (Å²) in [7, 11) is 0. The van der Waals surface area contributed by atoms with Crippen LogP contribution in [0.2, 0.25) is 0 Å². The Morgan fingerprint density at radius 3 is 2.22 bits per heavy atom. The van der Waals surface area contributed by atoms with Crippen molar-refractivity contribution < 1.29 is 0 Å². The lowest BCUT2D eigenvalue weighted by molar-refractivity contribution is 0.357. The van der Waals surface area contributed by atoms with Crippen LogP contribution < -0.4 is 4.90 Å². The minimum Gasteiger partial charge on any atom is -0.321 e. The summed E-state index contributed by atoms with van der Waals surface area (Å²) >= 11 is 0. The number of pyridine rings is 4. The quantitative estimate of drug-likeness (QED) is 0.272. The molecule has 7 rings (SSSR count).